The Balaban J connectivity index is 1.58. The standard InChI is InChI=1S/C27H26N2O3S/c1-2-21-15-17-24(18-16-21)29(33(31,32)25-12-4-3-5-13-25)20-27(30)28-19-23-11-8-10-22-9-6-7-14-26(22)23/h3-18H,2,19-20H2,1H3,(H,28,30). The molecule has 0 aliphatic carbocycles. The maximum absolute atomic E-state index is 13.4. The third kappa shape index (κ3) is 5.07. The first-order valence-corrected chi connectivity index (χ1v) is 12.3. The second kappa shape index (κ2) is 9.88. The van der Waals surface area contributed by atoms with Crippen LogP contribution < -0.4 is 9.62 Å². The number of nitrogens with zero attached hydrogens (tertiary/aromatic N) is 1. The monoisotopic (exact) mass is 458 g/mol. The van der Waals surface area contributed by atoms with E-state index in [1.807, 2.05) is 61.5 Å². The van der Waals surface area contributed by atoms with Crippen LogP contribution >= 0.6 is 0 Å². The van der Waals surface area contributed by atoms with Crippen molar-refractivity contribution >= 4 is 32.4 Å². The van der Waals surface area contributed by atoms with E-state index in [2.05, 4.69) is 5.32 Å². The number of nitrogens with one attached hydrogen (secondary N) is 1. The van der Waals surface area contributed by atoms with E-state index >= 15 is 0 Å². The fourth-order valence-electron chi connectivity index (χ4n) is 3.76. The van der Waals surface area contributed by atoms with Crippen LogP contribution in [0.2, 0.25) is 0 Å². The average molecular weight is 459 g/mol. The zero-order chi connectivity index (χ0) is 23.3. The van der Waals surface area contributed by atoms with Gasteiger partial charge in [0.2, 0.25) is 5.91 Å². The molecule has 1 amide bonds. The molecule has 0 atom stereocenters. The van der Waals surface area contributed by atoms with E-state index in [4.69, 9.17) is 0 Å². The lowest BCUT2D eigenvalue weighted by atomic mass is 10.0. The Morgan fingerprint density at radius 2 is 1.48 bits per heavy atom. The van der Waals surface area contributed by atoms with E-state index in [1.165, 1.54) is 16.4 Å². The van der Waals surface area contributed by atoms with Gasteiger partial charge in [0, 0.05) is 6.54 Å². The summed E-state index contributed by atoms with van der Waals surface area (Å²) in [5.74, 6) is -0.373. The highest BCUT2D eigenvalue weighted by Gasteiger charge is 2.27. The molecule has 33 heavy (non-hydrogen) atoms. The number of carbonyl (C=O) groups is 1. The smallest absolute Gasteiger partial charge is 0.264 e. The first-order chi connectivity index (χ1) is 16.0. The number of sulfonamides is 1. The molecule has 6 heteroatoms. The molecule has 0 saturated carbocycles. The molecule has 4 rings (SSSR count). The van der Waals surface area contributed by atoms with E-state index < -0.39 is 10.0 Å². The number of amides is 1. The van der Waals surface area contributed by atoms with Crippen LogP contribution in [-0.2, 0) is 27.8 Å². The predicted octanol–water partition coefficient (Wildman–Crippen LogP) is 4.91. The molecule has 0 heterocycles. The molecule has 0 bridgehead atoms. The van der Waals surface area contributed by atoms with Crippen molar-refractivity contribution in [1.29, 1.82) is 0 Å². The Morgan fingerprint density at radius 3 is 2.21 bits per heavy atom. The normalized spacial score (nSPS) is 11.3. The van der Waals surface area contributed by atoms with Gasteiger partial charge in [-0.1, -0.05) is 79.7 Å². The minimum absolute atomic E-state index is 0.145. The van der Waals surface area contributed by atoms with Crippen LogP contribution in [-0.4, -0.2) is 20.9 Å². The van der Waals surface area contributed by atoms with Crippen LogP contribution in [0.1, 0.15) is 18.1 Å². The summed E-state index contributed by atoms with van der Waals surface area (Å²) in [5, 5.41) is 5.04. The molecular weight excluding hydrogens is 432 g/mol. The molecule has 1 N–H and O–H groups in total. The van der Waals surface area contributed by atoms with Gasteiger partial charge in [-0.3, -0.25) is 9.10 Å². The first kappa shape index (κ1) is 22.6. The molecule has 168 valence electrons. The summed E-state index contributed by atoms with van der Waals surface area (Å²) in [7, 11) is -3.91. The topological polar surface area (TPSA) is 66.5 Å². The molecule has 4 aromatic rings. The average Bonchev–Trinajstić information content (AvgIpc) is 2.86. The maximum Gasteiger partial charge on any atom is 0.264 e. The maximum atomic E-state index is 13.4. The summed E-state index contributed by atoms with van der Waals surface area (Å²) in [6, 6.07) is 29.4. The second-order valence-electron chi connectivity index (χ2n) is 7.76. The zero-order valence-corrected chi connectivity index (χ0v) is 19.3. The van der Waals surface area contributed by atoms with Crippen LogP contribution in [0.15, 0.2) is 102 Å². The minimum Gasteiger partial charge on any atom is -0.350 e. The molecule has 0 fully saturated rings. The number of benzene rings is 4. The Morgan fingerprint density at radius 1 is 0.818 bits per heavy atom. The first-order valence-electron chi connectivity index (χ1n) is 10.9. The Hall–Kier alpha value is -3.64. The van der Waals surface area contributed by atoms with Crippen molar-refractivity contribution in [3.8, 4) is 0 Å². The molecule has 0 aromatic heterocycles. The van der Waals surface area contributed by atoms with E-state index in [9.17, 15) is 13.2 Å². The lowest BCUT2D eigenvalue weighted by Crippen LogP contribution is -2.40. The molecule has 0 radical (unpaired) electrons. The lowest BCUT2D eigenvalue weighted by molar-refractivity contribution is -0.119. The number of aryl methyl sites for hydroxylation is 1. The fraction of sp³-hybridized carbons (Fsp3) is 0.148. The number of fused-ring (bicyclic) bond motifs is 1. The summed E-state index contributed by atoms with van der Waals surface area (Å²) < 4.78 is 28.0. The largest absolute Gasteiger partial charge is 0.350 e. The highest BCUT2D eigenvalue weighted by Crippen LogP contribution is 2.24. The lowest BCUT2D eigenvalue weighted by Gasteiger charge is -2.24. The number of anilines is 1. The van der Waals surface area contributed by atoms with Gasteiger partial charge < -0.3 is 5.32 Å². The SMILES string of the molecule is CCc1ccc(N(CC(=O)NCc2cccc3ccccc23)S(=O)(=O)c2ccccc2)cc1. The molecule has 5 nitrogen and oxygen atoms in total. The van der Waals surface area contributed by atoms with Crippen molar-refractivity contribution in [3.63, 3.8) is 0 Å². The number of rotatable bonds is 8. The third-order valence-corrected chi connectivity index (χ3v) is 7.40. The van der Waals surface area contributed by atoms with Gasteiger partial charge in [-0.15, -0.1) is 0 Å². The second-order valence-corrected chi connectivity index (χ2v) is 9.62. The van der Waals surface area contributed by atoms with Gasteiger partial charge in [0.1, 0.15) is 6.54 Å². The molecule has 0 unspecified atom stereocenters. The van der Waals surface area contributed by atoms with Crippen molar-refractivity contribution in [2.45, 2.75) is 24.8 Å². The number of hydrogen-bond acceptors (Lipinski definition) is 3. The summed E-state index contributed by atoms with van der Waals surface area (Å²) in [4.78, 5) is 13.1. The highest BCUT2D eigenvalue weighted by atomic mass is 32.2. The van der Waals surface area contributed by atoms with Gasteiger partial charge in [-0.05, 0) is 52.6 Å². The van der Waals surface area contributed by atoms with Crippen molar-refractivity contribution in [2.24, 2.45) is 0 Å². The van der Waals surface area contributed by atoms with Crippen LogP contribution in [0.4, 0.5) is 5.69 Å². The van der Waals surface area contributed by atoms with Crippen molar-refractivity contribution in [2.75, 3.05) is 10.8 Å². The quantitative estimate of drug-likeness (QED) is 0.408. The van der Waals surface area contributed by atoms with Gasteiger partial charge in [-0.25, -0.2) is 8.42 Å². The molecule has 0 saturated heterocycles. The summed E-state index contributed by atoms with van der Waals surface area (Å²) in [6.45, 7) is 2.04. The van der Waals surface area contributed by atoms with Gasteiger partial charge in [0.05, 0.1) is 10.6 Å². The Labute approximate surface area is 194 Å². The predicted molar refractivity (Wildman–Crippen MR) is 133 cm³/mol. The van der Waals surface area contributed by atoms with Gasteiger partial charge >= 0.3 is 0 Å². The Kier molecular flexibility index (Phi) is 6.75. The van der Waals surface area contributed by atoms with E-state index in [0.717, 1.165) is 28.3 Å². The van der Waals surface area contributed by atoms with Gasteiger partial charge in [0.15, 0.2) is 0 Å². The molecule has 0 aliphatic rings. The minimum atomic E-state index is -3.91. The van der Waals surface area contributed by atoms with Crippen molar-refractivity contribution in [1.82, 2.24) is 5.32 Å². The molecular formula is C27H26N2O3S. The number of carbonyl (C=O) groups excluding carboxylic acids is 1. The molecule has 0 spiro atoms. The van der Waals surface area contributed by atoms with Crippen LogP contribution in [0.5, 0.6) is 0 Å². The zero-order valence-electron chi connectivity index (χ0n) is 18.4. The van der Waals surface area contributed by atoms with E-state index in [-0.39, 0.29) is 17.3 Å². The van der Waals surface area contributed by atoms with Crippen LogP contribution in [0.25, 0.3) is 10.8 Å². The van der Waals surface area contributed by atoms with E-state index in [0.29, 0.717) is 12.2 Å². The van der Waals surface area contributed by atoms with Gasteiger partial charge in [0.25, 0.3) is 10.0 Å². The van der Waals surface area contributed by atoms with E-state index in [1.54, 1.807) is 30.3 Å². The number of hydrogen-bond donors (Lipinski definition) is 1. The Bertz CT molecular complexity index is 1350. The summed E-state index contributed by atoms with van der Waals surface area (Å²) >= 11 is 0. The van der Waals surface area contributed by atoms with Crippen molar-refractivity contribution < 1.29 is 13.2 Å². The fourth-order valence-corrected chi connectivity index (χ4v) is 5.20. The van der Waals surface area contributed by atoms with Gasteiger partial charge in [-0.2, -0.15) is 0 Å². The molecule has 4 aromatic carbocycles. The summed E-state index contributed by atoms with van der Waals surface area (Å²) in [6.07, 6.45) is 0.844. The highest BCUT2D eigenvalue weighted by molar-refractivity contribution is 7.92. The van der Waals surface area contributed by atoms with Crippen molar-refractivity contribution in [3.05, 3.63) is 108 Å². The third-order valence-electron chi connectivity index (χ3n) is 5.61. The molecule has 0 aliphatic heterocycles. The van der Waals surface area contributed by atoms with Crippen LogP contribution in [0, 0.1) is 0 Å². The summed E-state index contributed by atoms with van der Waals surface area (Å²) in [5.41, 5.74) is 2.53. The van der Waals surface area contributed by atoms with Crippen LogP contribution in [0.3, 0.4) is 0 Å².